The van der Waals surface area contributed by atoms with Crippen molar-refractivity contribution in [1.82, 2.24) is 0 Å². The summed E-state index contributed by atoms with van der Waals surface area (Å²) in [6, 6.07) is 4.62. The van der Waals surface area contributed by atoms with Crippen molar-refractivity contribution in [3.05, 3.63) is 39.7 Å². The smallest absolute Gasteiger partial charge is 0.193 e. The molecule has 0 spiro atoms. The summed E-state index contributed by atoms with van der Waals surface area (Å²) in [6.07, 6.45) is 0.708. The third-order valence-electron chi connectivity index (χ3n) is 2.43. The zero-order chi connectivity index (χ0) is 11.0. The molecule has 0 bridgehead atoms. The predicted octanol–water partition coefficient (Wildman–Crippen LogP) is 2.37. The van der Waals surface area contributed by atoms with Gasteiger partial charge in [0.05, 0.1) is 5.39 Å². The van der Waals surface area contributed by atoms with Crippen LogP contribution in [0.1, 0.15) is 18.2 Å². The average Bonchev–Trinajstić information content (AvgIpc) is 2.18. The lowest BCUT2D eigenvalue weighted by atomic mass is 10.1. The molecule has 0 fully saturated rings. The Kier molecular flexibility index (Phi) is 2.23. The molecule has 0 radical (unpaired) electrons. The van der Waals surface area contributed by atoms with Gasteiger partial charge in [-0.2, -0.15) is 0 Å². The second kappa shape index (κ2) is 3.42. The fourth-order valence-corrected chi connectivity index (χ4v) is 1.64. The number of phenolic OH excluding ortho intramolecular Hbond substituents is 1. The van der Waals surface area contributed by atoms with Crippen molar-refractivity contribution >= 4 is 11.0 Å². The number of benzene rings is 1. The summed E-state index contributed by atoms with van der Waals surface area (Å²) in [7, 11) is 0. The number of hydrogen-bond donors (Lipinski definition) is 1. The zero-order valence-corrected chi connectivity index (χ0v) is 8.70. The first-order valence-corrected chi connectivity index (χ1v) is 4.88. The molecule has 0 saturated heterocycles. The fraction of sp³-hybridized carbons (Fsp3) is 0.250. The van der Waals surface area contributed by atoms with Gasteiger partial charge in [-0.1, -0.05) is 6.92 Å². The maximum Gasteiger partial charge on any atom is 0.193 e. The normalized spacial score (nSPS) is 10.8. The molecule has 1 aromatic heterocycles. The van der Waals surface area contributed by atoms with E-state index in [1.165, 1.54) is 12.1 Å². The van der Waals surface area contributed by atoms with Gasteiger partial charge in [0.2, 0.25) is 0 Å². The van der Waals surface area contributed by atoms with Crippen LogP contribution in [0.5, 0.6) is 5.75 Å². The summed E-state index contributed by atoms with van der Waals surface area (Å²) >= 11 is 0. The molecule has 1 aromatic carbocycles. The van der Waals surface area contributed by atoms with E-state index in [9.17, 15) is 9.90 Å². The lowest BCUT2D eigenvalue weighted by molar-refractivity contribution is 0.468. The average molecular weight is 204 g/mol. The topological polar surface area (TPSA) is 50.4 Å². The van der Waals surface area contributed by atoms with Gasteiger partial charge < -0.3 is 9.52 Å². The van der Waals surface area contributed by atoms with Crippen LogP contribution in [0.2, 0.25) is 0 Å². The highest BCUT2D eigenvalue weighted by molar-refractivity contribution is 5.79. The third kappa shape index (κ3) is 1.61. The Hall–Kier alpha value is -1.77. The molecule has 78 valence electrons. The van der Waals surface area contributed by atoms with E-state index in [1.807, 2.05) is 6.92 Å². The van der Waals surface area contributed by atoms with Crippen molar-refractivity contribution in [3.8, 4) is 5.75 Å². The minimum absolute atomic E-state index is 0.119. The molecular weight excluding hydrogens is 192 g/mol. The van der Waals surface area contributed by atoms with Crippen molar-refractivity contribution in [2.24, 2.45) is 0 Å². The number of rotatable bonds is 1. The lowest BCUT2D eigenvalue weighted by Gasteiger charge is -2.04. The van der Waals surface area contributed by atoms with E-state index in [0.29, 0.717) is 23.2 Å². The van der Waals surface area contributed by atoms with E-state index in [0.717, 1.165) is 5.56 Å². The fourth-order valence-electron chi connectivity index (χ4n) is 1.64. The van der Waals surface area contributed by atoms with Crippen LogP contribution < -0.4 is 5.43 Å². The first-order chi connectivity index (χ1) is 7.11. The largest absolute Gasteiger partial charge is 0.508 e. The highest BCUT2D eigenvalue weighted by atomic mass is 16.3. The Morgan fingerprint density at radius 1 is 1.33 bits per heavy atom. The molecule has 0 amide bonds. The van der Waals surface area contributed by atoms with Gasteiger partial charge in [0.1, 0.15) is 17.1 Å². The standard InChI is InChI=1S/C12H12O3/c1-3-8-5-12-9(6-10(8)13)11(14)4-7(2)15-12/h4-6,13H,3H2,1-2H3. The number of hydrogen-bond acceptors (Lipinski definition) is 3. The van der Waals surface area contributed by atoms with Crippen molar-refractivity contribution < 1.29 is 9.52 Å². The van der Waals surface area contributed by atoms with E-state index in [1.54, 1.807) is 13.0 Å². The summed E-state index contributed by atoms with van der Waals surface area (Å²) in [4.78, 5) is 11.6. The molecule has 0 aliphatic carbocycles. The van der Waals surface area contributed by atoms with Gasteiger partial charge in [0.15, 0.2) is 5.43 Å². The van der Waals surface area contributed by atoms with Crippen LogP contribution in [-0.2, 0) is 6.42 Å². The SMILES string of the molecule is CCc1cc2oc(C)cc(=O)c2cc1O. The zero-order valence-electron chi connectivity index (χ0n) is 8.70. The van der Waals surface area contributed by atoms with E-state index in [2.05, 4.69) is 0 Å². The minimum atomic E-state index is -0.119. The molecular formula is C12H12O3. The molecule has 3 nitrogen and oxygen atoms in total. The summed E-state index contributed by atoms with van der Waals surface area (Å²) in [5.41, 5.74) is 1.21. The minimum Gasteiger partial charge on any atom is -0.508 e. The molecule has 2 rings (SSSR count). The van der Waals surface area contributed by atoms with Gasteiger partial charge in [-0.15, -0.1) is 0 Å². The molecule has 3 heteroatoms. The molecule has 1 N–H and O–H groups in total. The van der Waals surface area contributed by atoms with E-state index in [-0.39, 0.29) is 11.2 Å². The number of phenols is 1. The molecule has 0 saturated carbocycles. The van der Waals surface area contributed by atoms with Crippen LogP contribution in [0.15, 0.2) is 27.4 Å². The lowest BCUT2D eigenvalue weighted by Crippen LogP contribution is -2.00. The van der Waals surface area contributed by atoms with Gasteiger partial charge in [-0.25, -0.2) is 0 Å². The summed E-state index contributed by atoms with van der Waals surface area (Å²) in [6.45, 7) is 3.67. The molecule has 0 aliphatic rings. The predicted molar refractivity (Wildman–Crippen MR) is 58.3 cm³/mol. The van der Waals surface area contributed by atoms with E-state index >= 15 is 0 Å². The van der Waals surface area contributed by atoms with Gasteiger partial charge in [0.25, 0.3) is 0 Å². The van der Waals surface area contributed by atoms with Gasteiger partial charge >= 0.3 is 0 Å². The molecule has 0 atom stereocenters. The van der Waals surface area contributed by atoms with Crippen LogP contribution in [-0.4, -0.2) is 5.11 Å². The van der Waals surface area contributed by atoms with Crippen LogP contribution >= 0.6 is 0 Å². The van der Waals surface area contributed by atoms with E-state index < -0.39 is 0 Å². The molecule has 0 aliphatic heterocycles. The number of fused-ring (bicyclic) bond motifs is 1. The maximum atomic E-state index is 11.6. The number of aryl methyl sites for hydroxylation is 2. The molecule has 2 aromatic rings. The third-order valence-corrected chi connectivity index (χ3v) is 2.43. The van der Waals surface area contributed by atoms with Gasteiger partial charge in [0, 0.05) is 6.07 Å². The van der Waals surface area contributed by atoms with Crippen LogP contribution in [0.3, 0.4) is 0 Å². The second-order valence-corrected chi connectivity index (χ2v) is 3.55. The summed E-state index contributed by atoms with van der Waals surface area (Å²) in [5, 5.41) is 10.0. The van der Waals surface area contributed by atoms with E-state index in [4.69, 9.17) is 4.42 Å². The summed E-state index contributed by atoms with van der Waals surface area (Å²) in [5.74, 6) is 0.737. The van der Waals surface area contributed by atoms with Crippen molar-refractivity contribution in [1.29, 1.82) is 0 Å². The Labute approximate surface area is 87.0 Å². The van der Waals surface area contributed by atoms with Gasteiger partial charge in [-0.3, -0.25) is 4.79 Å². The maximum absolute atomic E-state index is 11.6. The second-order valence-electron chi connectivity index (χ2n) is 3.55. The Morgan fingerprint density at radius 3 is 2.73 bits per heavy atom. The first kappa shape index (κ1) is 9.77. The molecule has 1 heterocycles. The Balaban J connectivity index is 2.87. The van der Waals surface area contributed by atoms with Gasteiger partial charge in [-0.05, 0) is 31.0 Å². The van der Waals surface area contributed by atoms with Crippen molar-refractivity contribution in [2.45, 2.75) is 20.3 Å². The van der Waals surface area contributed by atoms with Crippen molar-refractivity contribution in [3.63, 3.8) is 0 Å². The van der Waals surface area contributed by atoms with Crippen LogP contribution in [0.25, 0.3) is 11.0 Å². The first-order valence-electron chi connectivity index (χ1n) is 4.88. The highest BCUT2D eigenvalue weighted by Gasteiger charge is 2.07. The highest BCUT2D eigenvalue weighted by Crippen LogP contribution is 2.23. The number of aromatic hydroxyl groups is 1. The van der Waals surface area contributed by atoms with Crippen LogP contribution in [0, 0.1) is 6.92 Å². The Bertz CT molecular complexity index is 567. The molecule has 0 unspecified atom stereocenters. The monoisotopic (exact) mass is 204 g/mol. The van der Waals surface area contributed by atoms with Crippen LogP contribution in [0.4, 0.5) is 0 Å². The summed E-state index contributed by atoms with van der Waals surface area (Å²) < 4.78 is 5.43. The van der Waals surface area contributed by atoms with Crippen molar-refractivity contribution in [2.75, 3.05) is 0 Å². The molecule has 15 heavy (non-hydrogen) atoms. The Morgan fingerprint density at radius 2 is 2.07 bits per heavy atom. The quantitative estimate of drug-likeness (QED) is 0.775.